The van der Waals surface area contributed by atoms with Gasteiger partial charge in [-0.25, -0.2) is 18.6 Å². The number of aromatic nitrogens is 4. The number of carboxylic acids is 1. The number of pyridine rings is 1. The second kappa shape index (κ2) is 8.16. The fourth-order valence-corrected chi connectivity index (χ4v) is 4.14. The maximum Gasteiger partial charge on any atom is 0.338 e. The van der Waals surface area contributed by atoms with Gasteiger partial charge < -0.3 is 14.4 Å². The summed E-state index contributed by atoms with van der Waals surface area (Å²) in [6.07, 6.45) is -0.978. The molecule has 2 N–H and O–H groups in total. The zero-order valence-corrected chi connectivity index (χ0v) is 18.2. The molecule has 0 saturated heterocycles. The molecule has 1 atom stereocenters. The predicted octanol–water partition coefficient (Wildman–Crippen LogP) is 4.21. The topological polar surface area (TPSA) is 117 Å². The molecule has 8 nitrogen and oxygen atoms in total. The average Bonchev–Trinajstić information content (AvgIpc) is 3.35. The van der Waals surface area contributed by atoms with Crippen LogP contribution in [-0.4, -0.2) is 44.1 Å². The van der Waals surface area contributed by atoms with Crippen LogP contribution >= 0.6 is 0 Å². The van der Waals surface area contributed by atoms with Gasteiger partial charge >= 0.3 is 5.97 Å². The Morgan fingerprint density at radius 2 is 2.15 bits per heavy atom. The van der Waals surface area contributed by atoms with Gasteiger partial charge in [-0.15, -0.1) is 0 Å². The molecule has 0 aliphatic carbocycles. The zero-order chi connectivity index (χ0) is 23.9. The number of hydrogen-bond donors (Lipinski definition) is 2. The highest BCUT2D eigenvalue weighted by molar-refractivity contribution is 5.94. The number of halogens is 2. The van der Waals surface area contributed by atoms with Crippen molar-refractivity contribution in [2.24, 2.45) is 0 Å². The number of carboxylic acid groups (broad SMARTS) is 1. The summed E-state index contributed by atoms with van der Waals surface area (Å²) in [6.45, 7) is 3.62. The van der Waals surface area contributed by atoms with Crippen molar-refractivity contribution in [2.45, 2.75) is 38.3 Å². The molecule has 3 heterocycles. The normalized spacial score (nSPS) is 12.7. The molecule has 0 bridgehead atoms. The number of fused-ring (bicyclic) bond motifs is 2. The third-order valence-electron chi connectivity index (χ3n) is 5.65. The van der Waals surface area contributed by atoms with Crippen molar-refractivity contribution in [3.05, 3.63) is 47.5 Å². The Bertz CT molecular complexity index is 1420. The first-order valence-electron chi connectivity index (χ1n) is 10.1. The molecule has 10 heteroatoms. The van der Waals surface area contributed by atoms with E-state index in [1.807, 2.05) is 13.8 Å². The number of nitriles is 1. The number of nitrogens with zero attached hydrogens (tertiary/aromatic N) is 4. The highest BCUT2D eigenvalue weighted by Crippen LogP contribution is 2.40. The minimum Gasteiger partial charge on any atom is -0.494 e. The van der Waals surface area contributed by atoms with E-state index < -0.39 is 29.8 Å². The molecule has 0 aliphatic heterocycles. The highest BCUT2D eigenvalue weighted by Gasteiger charge is 2.34. The van der Waals surface area contributed by atoms with Gasteiger partial charge in [0.05, 0.1) is 30.4 Å². The van der Waals surface area contributed by atoms with Crippen LogP contribution in [-0.2, 0) is 16.6 Å². The lowest BCUT2D eigenvalue weighted by Crippen LogP contribution is -2.25. The number of alkyl halides is 1. The van der Waals surface area contributed by atoms with Crippen molar-refractivity contribution >= 4 is 28.0 Å². The van der Waals surface area contributed by atoms with E-state index in [0.717, 1.165) is 0 Å². The van der Waals surface area contributed by atoms with E-state index >= 15 is 0 Å². The number of methoxy groups -OCH3 is 1. The average molecular weight is 453 g/mol. The van der Waals surface area contributed by atoms with Crippen molar-refractivity contribution in [3.63, 3.8) is 0 Å². The predicted molar refractivity (Wildman–Crippen MR) is 117 cm³/mol. The molecule has 0 aliphatic rings. The van der Waals surface area contributed by atoms with Gasteiger partial charge in [0.2, 0.25) is 6.17 Å². The van der Waals surface area contributed by atoms with Crippen molar-refractivity contribution < 1.29 is 23.4 Å². The maximum atomic E-state index is 14.5. The first kappa shape index (κ1) is 22.2. The third-order valence-corrected chi connectivity index (χ3v) is 5.65. The molecule has 0 radical (unpaired) electrons. The van der Waals surface area contributed by atoms with Crippen LogP contribution in [0.15, 0.2) is 30.5 Å². The first-order chi connectivity index (χ1) is 15.7. The maximum absolute atomic E-state index is 14.5. The van der Waals surface area contributed by atoms with Gasteiger partial charge in [-0.05, 0) is 18.2 Å². The van der Waals surface area contributed by atoms with E-state index in [4.69, 9.17) is 4.74 Å². The molecule has 0 amide bonds. The second-order valence-electron chi connectivity index (χ2n) is 8.37. The van der Waals surface area contributed by atoms with Gasteiger partial charge in [0, 0.05) is 46.7 Å². The summed E-state index contributed by atoms with van der Waals surface area (Å²) in [4.78, 5) is 16.0. The van der Waals surface area contributed by atoms with Crippen molar-refractivity contribution in [1.82, 2.24) is 19.7 Å². The Kier molecular flexibility index (Phi) is 5.49. The van der Waals surface area contributed by atoms with Crippen LogP contribution in [0.5, 0.6) is 5.75 Å². The molecule has 3 aromatic heterocycles. The molecule has 170 valence electrons. The van der Waals surface area contributed by atoms with E-state index in [0.29, 0.717) is 39.0 Å². The number of aliphatic carboxylic acids is 1. The van der Waals surface area contributed by atoms with E-state index in [1.54, 1.807) is 16.8 Å². The van der Waals surface area contributed by atoms with Gasteiger partial charge in [-0.3, -0.25) is 5.10 Å². The number of rotatable bonds is 7. The monoisotopic (exact) mass is 453 g/mol. The van der Waals surface area contributed by atoms with Gasteiger partial charge in [0.15, 0.2) is 17.2 Å². The number of aromatic amines is 1. The molecular formula is C23H21F2N5O3. The Morgan fingerprint density at radius 3 is 2.82 bits per heavy atom. The molecule has 0 unspecified atom stereocenters. The summed E-state index contributed by atoms with van der Waals surface area (Å²) in [6, 6.07) is 8.22. The SMILES string of the molecule is COc1cc(-n2c(C(C)(C)CC#N)c(C[C@H](F)C(=O)O)c3nc4[nH]ncc4cc32)ccc1F. The van der Waals surface area contributed by atoms with Gasteiger partial charge in [0.1, 0.15) is 0 Å². The van der Waals surface area contributed by atoms with Crippen LogP contribution < -0.4 is 4.74 Å². The van der Waals surface area contributed by atoms with Crippen LogP contribution in [0.1, 0.15) is 31.5 Å². The van der Waals surface area contributed by atoms with Crippen molar-refractivity contribution in [3.8, 4) is 17.5 Å². The molecule has 0 spiro atoms. The smallest absolute Gasteiger partial charge is 0.338 e. The standard InChI is InChI=1S/C23H21F2N5O3/c1-23(2,6-7-26)20-14(10-16(25)22(31)32)19-17(8-12-11-27-29-21(12)28-19)30(20)13-4-5-15(24)18(9-13)33-3/h4-5,8-9,11,16H,6,10H2,1-3H3,(H,31,32)(H,27,28,29)/t16-/m0/s1. The van der Waals surface area contributed by atoms with E-state index in [9.17, 15) is 23.9 Å². The zero-order valence-electron chi connectivity index (χ0n) is 18.2. The summed E-state index contributed by atoms with van der Waals surface area (Å²) in [5.74, 6) is -2.14. The molecule has 4 rings (SSSR count). The van der Waals surface area contributed by atoms with Gasteiger partial charge in [0.25, 0.3) is 0 Å². The molecule has 0 fully saturated rings. The Balaban J connectivity index is 2.15. The number of ether oxygens (including phenoxy) is 1. The van der Waals surface area contributed by atoms with Gasteiger partial charge in [-0.2, -0.15) is 10.4 Å². The Morgan fingerprint density at radius 1 is 1.39 bits per heavy atom. The van der Waals surface area contributed by atoms with Crippen LogP contribution in [0.4, 0.5) is 8.78 Å². The largest absolute Gasteiger partial charge is 0.494 e. The molecule has 0 saturated carbocycles. The van der Waals surface area contributed by atoms with Crippen molar-refractivity contribution in [1.29, 1.82) is 5.26 Å². The number of benzene rings is 1. The summed E-state index contributed by atoms with van der Waals surface area (Å²) in [7, 11) is 1.35. The fourth-order valence-electron chi connectivity index (χ4n) is 4.14. The number of H-pyrrole nitrogens is 1. The summed E-state index contributed by atoms with van der Waals surface area (Å²) >= 11 is 0. The van der Waals surface area contributed by atoms with E-state index in [2.05, 4.69) is 21.3 Å². The fraction of sp³-hybridized carbons (Fsp3) is 0.304. The third kappa shape index (κ3) is 3.75. The minimum absolute atomic E-state index is 0.00573. The summed E-state index contributed by atoms with van der Waals surface area (Å²) in [5, 5.41) is 26.2. The minimum atomic E-state index is -2.18. The number of hydrogen-bond acceptors (Lipinski definition) is 5. The van der Waals surface area contributed by atoms with Crippen LogP contribution in [0, 0.1) is 17.1 Å². The molecule has 33 heavy (non-hydrogen) atoms. The highest BCUT2D eigenvalue weighted by atomic mass is 19.1. The Labute approximate surface area is 187 Å². The lowest BCUT2D eigenvalue weighted by atomic mass is 9.82. The quantitative estimate of drug-likeness (QED) is 0.433. The van der Waals surface area contributed by atoms with Crippen LogP contribution in [0.25, 0.3) is 27.8 Å². The molecular weight excluding hydrogens is 432 g/mol. The number of carbonyl (C=O) groups is 1. The molecule has 1 aromatic carbocycles. The molecule has 4 aromatic rings. The summed E-state index contributed by atoms with van der Waals surface area (Å²) < 4.78 is 35.6. The van der Waals surface area contributed by atoms with Crippen LogP contribution in [0.2, 0.25) is 0 Å². The van der Waals surface area contributed by atoms with Gasteiger partial charge in [-0.1, -0.05) is 13.8 Å². The second-order valence-corrected chi connectivity index (χ2v) is 8.37. The lowest BCUT2D eigenvalue weighted by Gasteiger charge is -2.26. The lowest BCUT2D eigenvalue weighted by molar-refractivity contribution is -0.142. The van der Waals surface area contributed by atoms with Crippen molar-refractivity contribution in [2.75, 3.05) is 7.11 Å². The first-order valence-corrected chi connectivity index (χ1v) is 10.1. The van der Waals surface area contributed by atoms with E-state index in [1.165, 1.54) is 25.3 Å². The van der Waals surface area contributed by atoms with E-state index in [-0.39, 0.29) is 12.2 Å². The Hall–Kier alpha value is -4.00. The summed E-state index contributed by atoms with van der Waals surface area (Å²) in [5.41, 5.74) is 1.93. The number of nitrogens with one attached hydrogen (secondary N) is 1. The van der Waals surface area contributed by atoms with Crippen LogP contribution in [0.3, 0.4) is 0 Å².